The maximum atomic E-state index is 12.2. The summed E-state index contributed by atoms with van der Waals surface area (Å²) in [5.74, 6) is 0.580. The summed E-state index contributed by atoms with van der Waals surface area (Å²) in [7, 11) is 0. The van der Waals surface area contributed by atoms with Crippen molar-refractivity contribution in [2.24, 2.45) is 5.92 Å². The van der Waals surface area contributed by atoms with Gasteiger partial charge >= 0.3 is 0 Å². The van der Waals surface area contributed by atoms with Gasteiger partial charge in [-0.2, -0.15) is 15.8 Å². The van der Waals surface area contributed by atoms with Crippen LogP contribution in [-0.2, 0) is 4.79 Å². The van der Waals surface area contributed by atoms with E-state index in [-0.39, 0.29) is 17.2 Å². The Bertz CT molecular complexity index is 811. The number of nitriles is 3. The molecule has 7 heteroatoms. The van der Waals surface area contributed by atoms with E-state index < -0.39 is 0 Å². The molecule has 0 spiro atoms. The molecule has 2 rings (SSSR count). The molecule has 1 N–H and O–H groups in total. The zero-order valence-electron chi connectivity index (χ0n) is 15.6. The highest BCUT2D eigenvalue weighted by Gasteiger charge is 2.21. The van der Waals surface area contributed by atoms with Crippen molar-refractivity contribution >= 4 is 17.3 Å². The number of rotatable bonds is 5. The maximum Gasteiger partial charge on any atom is 0.222 e. The smallest absolute Gasteiger partial charge is 0.222 e. The molecule has 0 radical (unpaired) electrons. The van der Waals surface area contributed by atoms with Crippen molar-refractivity contribution in [2.45, 2.75) is 20.3 Å². The van der Waals surface area contributed by atoms with Crippen LogP contribution in [0.5, 0.6) is 0 Å². The van der Waals surface area contributed by atoms with Gasteiger partial charge in [0.2, 0.25) is 5.91 Å². The summed E-state index contributed by atoms with van der Waals surface area (Å²) < 4.78 is 0. The predicted octanol–water partition coefficient (Wildman–Crippen LogP) is 2.62. The minimum absolute atomic E-state index is 0.0648. The Morgan fingerprint density at radius 2 is 1.63 bits per heavy atom. The molecule has 1 fully saturated rings. The molecule has 27 heavy (non-hydrogen) atoms. The van der Waals surface area contributed by atoms with Crippen LogP contribution in [0.3, 0.4) is 0 Å². The Hall–Kier alpha value is -3.50. The van der Waals surface area contributed by atoms with Crippen LogP contribution >= 0.6 is 0 Å². The van der Waals surface area contributed by atoms with E-state index in [4.69, 9.17) is 15.8 Å². The van der Waals surface area contributed by atoms with E-state index in [0.29, 0.717) is 31.1 Å². The monoisotopic (exact) mass is 362 g/mol. The number of hydrogen-bond donors (Lipinski definition) is 1. The second-order valence-electron chi connectivity index (χ2n) is 6.72. The van der Waals surface area contributed by atoms with E-state index in [0.717, 1.165) is 18.8 Å². The van der Waals surface area contributed by atoms with E-state index >= 15 is 0 Å². The van der Waals surface area contributed by atoms with Crippen molar-refractivity contribution in [3.8, 4) is 18.2 Å². The standard InChI is InChI=1S/C20H22N6O/c1-15(2)11-20(27)26-9-7-25(8-10-26)18-5-3-17(4-6-18)24-19(14-23)16(12-21)13-22/h3-6,15,24H,7-11H2,1-2H3. The van der Waals surface area contributed by atoms with Gasteiger partial charge in [-0.3, -0.25) is 4.79 Å². The molecule has 0 aromatic heterocycles. The number of carbonyl (C=O) groups excluding carboxylic acids is 1. The van der Waals surface area contributed by atoms with Crippen LogP contribution in [0.15, 0.2) is 35.5 Å². The molecular formula is C20H22N6O. The van der Waals surface area contributed by atoms with E-state index in [9.17, 15) is 4.79 Å². The SMILES string of the molecule is CC(C)CC(=O)N1CCN(c2ccc(NC(C#N)=C(C#N)C#N)cc2)CC1. The van der Waals surface area contributed by atoms with Crippen molar-refractivity contribution in [3.05, 3.63) is 35.5 Å². The van der Waals surface area contributed by atoms with Crippen LogP contribution in [0.4, 0.5) is 11.4 Å². The molecule has 1 aliphatic heterocycles. The normalized spacial score (nSPS) is 13.3. The van der Waals surface area contributed by atoms with Gasteiger partial charge in [-0.25, -0.2) is 0 Å². The van der Waals surface area contributed by atoms with Gasteiger partial charge in [0.25, 0.3) is 0 Å². The molecule has 0 aliphatic carbocycles. The molecule has 1 aromatic rings. The van der Waals surface area contributed by atoms with Crippen molar-refractivity contribution < 1.29 is 4.79 Å². The molecule has 0 saturated carbocycles. The van der Waals surface area contributed by atoms with Crippen LogP contribution in [0, 0.1) is 39.9 Å². The first kappa shape index (κ1) is 19.8. The number of benzene rings is 1. The van der Waals surface area contributed by atoms with Crippen LogP contribution in [0.25, 0.3) is 0 Å². The van der Waals surface area contributed by atoms with Crippen molar-refractivity contribution in [2.75, 3.05) is 36.4 Å². The number of nitrogens with one attached hydrogen (secondary N) is 1. The topological polar surface area (TPSA) is 107 Å². The summed E-state index contributed by atoms with van der Waals surface area (Å²) in [5.41, 5.74) is 1.35. The van der Waals surface area contributed by atoms with Gasteiger partial charge < -0.3 is 15.1 Å². The minimum atomic E-state index is -0.247. The third-order valence-corrected chi connectivity index (χ3v) is 4.30. The number of piperazine rings is 1. The van der Waals surface area contributed by atoms with Crippen LogP contribution < -0.4 is 10.2 Å². The number of nitrogens with zero attached hydrogens (tertiary/aromatic N) is 5. The highest BCUT2D eigenvalue weighted by atomic mass is 16.2. The van der Waals surface area contributed by atoms with E-state index in [1.807, 2.05) is 36.9 Å². The third kappa shape index (κ3) is 5.23. The van der Waals surface area contributed by atoms with E-state index in [1.54, 1.807) is 24.3 Å². The quantitative estimate of drug-likeness (QED) is 0.807. The number of amides is 1. The van der Waals surface area contributed by atoms with Gasteiger partial charge in [-0.15, -0.1) is 0 Å². The summed E-state index contributed by atoms with van der Waals surface area (Å²) >= 11 is 0. The number of allylic oxidation sites excluding steroid dienone is 2. The largest absolute Gasteiger partial charge is 0.368 e. The number of carbonyl (C=O) groups is 1. The van der Waals surface area contributed by atoms with Gasteiger partial charge in [0, 0.05) is 44.0 Å². The molecule has 1 aliphatic rings. The third-order valence-electron chi connectivity index (χ3n) is 4.30. The average Bonchev–Trinajstić information content (AvgIpc) is 2.68. The predicted molar refractivity (Wildman–Crippen MR) is 102 cm³/mol. The Kier molecular flexibility index (Phi) is 6.80. The van der Waals surface area contributed by atoms with Crippen molar-refractivity contribution in [1.29, 1.82) is 15.8 Å². The lowest BCUT2D eigenvalue weighted by atomic mass is 10.1. The van der Waals surface area contributed by atoms with Gasteiger partial charge in [0.15, 0.2) is 5.57 Å². The Morgan fingerprint density at radius 3 is 2.11 bits per heavy atom. The fraction of sp³-hybridized carbons (Fsp3) is 0.400. The Labute approximate surface area is 159 Å². The van der Waals surface area contributed by atoms with Gasteiger partial charge in [-0.1, -0.05) is 13.8 Å². The summed E-state index contributed by atoms with van der Waals surface area (Å²) in [6.45, 7) is 7.06. The lowest BCUT2D eigenvalue weighted by Gasteiger charge is -2.36. The molecule has 1 saturated heterocycles. The average molecular weight is 362 g/mol. The molecule has 0 bridgehead atoms. The van der Waals surface area contributed by atoms with E-state index in [1.165, 1.54) is 0 Å². The lowest BCUT2D eigenvalue weighted by Crippen LogP contribution is -2.49. The molecule has 138 valence electrons. The first-order valence-corrected chi connectivity index (χ1v) is 8.82. The van der Waals surface area contributed by atoms with Gasteiger partial charge in [0.05, 0.1) is 0 Å². The van der Waals surface area contributed by atoms with Crippen LogP contribution in [0.1, 0.15) is 20.3 Å². The Balaban J connectivity index is 1.98. The second kappa shape index (κ2) is 9.27. The summed E-state index contributed by atoms with van der Waals surface area (Å²) in [6.07, 6.45) is 0.586. The summed E-state index contributed by atoms with van der Waals surface area (Å²) in [4.78, 5) is 16.3. The molecule has 1 aromatic carbocycles. The fourth-order valence-corrected chi connectivity index (χ4v) is 2.88. The van der Waals surface area contributed by atoms with E-state index in [2.05, 4.69) is 10.2 Å². The molecule has 0 atom stereocenters. The lowest BCUT2D eigenvalue weighted by molar-refractivity contribution is -0.132. The maximum absolute atomic E-state index is 12.2. The zero-order chi connectivity index (χ0) is 19.8. The highest BCUT2D eigenvalue weighted by molar-refractivity contribution is 5.76. The molecule has 1 heterocycles. The van der Waals surface area contributed by atoms with Crippen LogP contribution in [0.2, 0.25) is 0 Å². The highest BCUT2D eigenvalue weighted by Crippen LogP contribution is 2.21. The molecule has 0 unspecified atom stereocenters. The first-order chi connectivity index (χ1) is 13.0. The van der Waals surface area contributed by atoms with Crippen molar-refractivity contribution in [3.63, 3.8) is 0 Å². The molecular weight excluding hydrogens is 340 g/mol. The van der Waals surface area contributed by atoms with Gasteiger partial charge in [0.1, 0.15) is 23.9 Å². The molecule has 1 amide bonds. The summed E-state index contributed by atoms with van der Waals surface area (Å²) in [6, 6.07) is 12.7. The van der Waals surface area contributed by atoms with Crippen molar-refractivity contribution in [1.82, 2.24) is 4.90 Å². The molecule has 7 nitrogen and oxygen atoms in total. The second-order valence-corrected chi connectivity index (χ2v) is 6.72. The number of hydrogen-bond acceptors (Lipinski definition) is 6. The fourth-order valence-electron chi connectivity index (χ4n) is 2.88. The Morgan fingerprint density at radius 1 is 1.04 bits per heavy atom. The van der Waals surface area contributed by atoms with Gasteiger partial charge in [-0.05, 0) is 30.2 Å². The van der Waals surface area contributed by atoms with Crippen LogP contribution in [-0.4, -0.2) is 37.0 Å². The number of anilines is 2. The minimum Gasteiger partial charge on any atom is -0.368 e. The summed E-state index contributed by atoms with van der Waals surface area (Å²) in [5, 5.41) is 29.6. The zero-order valence-corrected chi connectivity index (χ0v) is 15.6. The first-order valence-electron chi connectivity index (χ1n) is 8.82.